The summed E-state index contributed by atoms with van der Waals surface area (Å²) in [5.41, 5.74) is 0.350. The first kappa shape index (κ1) is 10.4. The zero-order valence-corrected chi connectivity index (χ0v) is 6.94. The molecule has 3 heteroatoms. The molecule has 0 amide bonds. The minimum Gasteiger partial charge on any atom is -0.389 e. The maximum atomic E-state index is 12.7. The van der Waals surface area contributed by atoms with Crippen molar-refractivity contribution in [1.29, 1.82) is 0 Å². The number of hydrogen-bond donors (Lipinski definition) is 1. The second-order valence-electron chi connectivity index (χ2n) is 2.20. The van der Waals surface area contributed by atoms with Crippen LogP contribution in [0.5, 0.6) is 0 Å². The van der Waals surface area contributed by atoms with E-state index in [1.807, 2.05) is 0 Å². The Bertz CT molecular complexity index is 225. The molecule has 1 rings (SSSR count). The van der Waals surface area contributed by atoms with Gasteiger partial charge in [0.1, 0.15) is 5.82 Å². The Morgan fingerprint density at radius 2 is 1.91 bits per heavy atom. The van der Waals surface area contributed by atoms with Gasteiger partial charge >= 0.3 is 0 Å². The van der Waals surface area contributed by atoms with Crippen molar-refractivity contribution in [2.45, 2.75) is 13.0 Å². The van der Waals surface area contributed by atoms with Gasteiger partial charge in [-0.05, 0) is 13.0 Å². The van der Waals surface area contributed by atoms with Gasteiger partial charge in [0, 0.05) is 5.56 Å². The molecule has 1 nitrogen and oxygen atoms in total. The summed E-state index contributed by atoms with van der Waals surface area (Å²) in [6.45, 7) is 1.54. The molecule has 0 saturated heterocycles. The van der Waals surface area contributed by atoms with Gasteiger partial charge in [-0.3, -0.25) is 0 Å². The molecule has 0 aliphatic rings. The van der Waals surface area contributed by atoms with Crippen LogP contribution in [0.25, 0.3) is 0 Å². The molecule has 1 unspecified atom stereocenters. The van der Waals surface area contributed by atoms with Crippen LogP contribution in [0.1, 0.15) is 18.6 Å². The summed E-state index contributed by atoms with van der Waals surface area (Å²) in [6, 6.07) is 6.20. The number of benzene rings is 1. The quantitative estimate of drug-likeness (QED) is 0.696. The lowest BCUT2D eigenvalue weighted by molar-refractivity contribution is 0.194. The number of aliphatic hydroxyl groups is 1. The van der Waals surface area contributed by atoms with Crippen molar-refractivity contribution in [2.75, 3.05) is 0 Å². The number of rotatable bonds is 1. The van der Waals surface area contributed by atoms with Crippen LogP contribution in [0.2, 0.25) is 0 Å². The van der Waals surface area contributed by atoms with E-state index in [4.69, 9.17) is 5.11 Å². The lowest BCUT2D eigenvalue weighted by Crippen LogP contribution is -1.93. The highest BCUT2D eigenvalue weighted by atomic mass is 35.5. The van der Waals surface area contributed by atoms with Gasteiger partial charge in [0.25, 0.3) is 0 Å². The lowest BCUT2D eigenvalue weighted by atomic mass is 10.1. The second-order valence-corrected chi connectivity index (χ2v) is 2.20. The van der Waals surface area contributed by atoms with E-state index in [0.29, 0.717) is 5.56 Å². The summed E-state index contributed by atoms with van der Waals surface area (Å²) in [7, 11) is 0. The van der Waals surface area contributed by atoms with Crippen LogP contribution in [0, 0.1) is 5.82 Å². The molecule has 1 atom stereocenters. The Kier molecular flexibility index (Phi) is 4.08. The lowest BCUT2D eigenvalue weighted by Gasteiger charge is -2.03. The molecule has 1 N–H and O–H groups in total. The zero-order valence-electron chi connectivity index (χ0n) is 6.12. The Morgan fingerprint density at radius 1 is 1.36 bits per heavy atom. The standard InChI is InChI=1S/C8H9FO.ClH/c1-6(10)7-4-2-3-5-8(7)9;/h2-6,10H,1H3;1H. The molecule has 0 bridgehead atoms. The first-order chi connectivity index (χ1) is 4.72. The van der Waals surface area contributed by atoms with Crippen molar-refractivity contribution < 1.29 is 9.50 Å². The minimum atomic E-state index is -0.721. The van der Waals surface area contributed by atoms with Crippen molar-refractivity contribution >= 4 is 12.4 Å². The van der Waals surface area contributed by atoms with Gasteiger partial charge in [0.15, 0.2) is 0 Å². The highest BCUT2D eigenvalue weighted by molar-refractivity contribution is 5.85. The molecule has 0 aliphatic carbocycles. The summed E-state index contributed by atoms with van der Waals surface area (Å²) in [5.74, 6) is -0.350. The monoisotopic (exact) mass is 176 g/mol. The fraction of sp³-hybridized carbons (Fsp3) is 0.250. The van der Waals surface area contributed by atoms with Crippen molar-refractivity contribution in [3.63, 3.8) is 0 Å². The predicted molar refractivity (Wildman–Crippen MR) is 44.3 cm³/mol. The van der Waals surface area contributed by atoms with Crippen LogP contribution in [-0.2, 0) is 0 Å². The molecule has 0 spiro atoms. The second kappa shape index (κ2) is 4.31. The number of halogens is 2. The SMILES string of the molecule is CC(O)c1ccccc1F.Cl. The van der Waals surface area contributed by atoms with Crippen LogP contribution in [0.3, 0.4) is 0 Å². The van der Waals surface area contributed by atoms with Crippen LogP contribution < -0.4 is 0 Å². The molecule has 0 aliphatic heterocycles. The normalized spacial score (nSPS) is 11.9. The average Bonchev–Trinajstić information content (AvgIpc) is 1.88. The predicted octanol–water partition coefficient (Wildman–Crippen LogP) is 2.30. The van der Waals surface area contributed by atoms with Gasteiger partial charge < -0.3 is 5.11 Å². The Hall–Kier alpha value is -0.600. The third-order valence-electron chi connectivity index (χ3n) is 1.36. The van der Waals surface area contributed by atoms with Crippen LogP contribution in [-0.4, -0.2) is 5.11 Å². The van der Waals surface area contributed by atoms with Gasteiger partial charge in [0.05, 0.1) is 6.10 Å². The van der Waals surface area contributed by atoms with Crippen molar-refractivity contribution in [1.82, 2.24) is 0 Å². The Labute approximate surface area is 71.3 Å². The molecule has 0 saturated carbocycles. The van der Waals surface area contributed by atoms with Gasteiger partial charge in [-0.2, -0.15) is 0 Å². The average molecular weight is 177 g/mol. The van der Waals surface area contributed by atoms with E-state index in [1.165, 1.54) is 6.07 Å². The Balaban J connectivity index is 0.000001000. The molecule has 0 heterocycles. The van der Waals surface area contributed by atoms with E-state index in [9.17, 15) is 4.39 Å². The van der Waals surface area contributed by atoms with Gasteiger partial charge in [-0.1, -0.05) is 18.2 Å². The largest absolute Gasteiger partial charge is 0.389 e. The molecule has 1 aromatic rings. The van der Waals surface area contributed by atoms with E-state index in [0.717, 1.165) is 0 Å². The van der Waals surface area contributed by atoms with Gasteiger partial charge in [-0.15, -0.1) is 12.4 Å². The van der Waals surface area contributed by atoms with E-state index in [1.54, 1.807) is 25.1 Å². The summed E-state index contributed by atoms with van der Waals surface area (Å²) in [4.78, 5) is 0. The van der Waals surface area contributed by atoms with Crippen molar-refractivity contribution in [3.8, 4) is 0 Å². The maximum Gasteiger partial charge on any atom is 0.128 e. The van der Waals surface area contributed by atoms with E-state index >= 15 is 0 Å². The molecular formula is C8H10ClFO. The van der Waals surface area contributed by atoms with Crippen molar-refractivity contribution in [3.05, 3.63) is 35.6 Å². The summed E-state index contributed by atoms with van der Waals surface area (Å²) in [5, 5.41) is 8.96. The maximum absolute atomic E-state index is 12.7. The summed E-state index contributed by atoms with van der Waals surface area (Å²) < 4.78 is 12.7. The Morgan fingerprint density at radius 3 is 2.27 bits per heavy atom. The van der Waals surface area contributed by atoms with Gasteiger partial charge in [0.2, 0.25) is 0 Å². The number of hydrogen-bond acceptors (Lipinski definition) is 1. The third kappa shape index (κ3) is 2.48. The van der Waals surface area contributed by atoms with Crippen molar-refractivity contribution in [2.24, 2.45) is 0 Å². The van der Waals surface area contributed by atoms with Crippen LogP contribution in [0.15, 0.2) is 24.3 Å². The molecule has 0 radical (unpaired) electrons. The van der Waals surface area contributed by atoms with Crippen LogP contribution in [0.4, 0.5) is 4.39 Å². The highest BCUT2D eigenvalue weighted by Gasteiger charge is 2.04. The number of aliphatic hydroxyl groups excluding tert-OH is 1. The topological polar surface area (TPSA) is 20.2 Å². The molecule has 1 aromatic carbocycles. The first-order valence-corrected chi connectivity index (χ1v) is 3.14. The minimum absolute atomic E-state index is 0. The van der Waals surface area contributed by atoms with E-state index < -0.39 is 6.10 Å². The molecule has 0 aromatic heterocycles. The van der Waals surface area contributed by atoms with Crippen LogP contribution >= 0.6 is 12.4 Å². The van der Waals surface area contributed by atoms with E-state index in [-0.39, 0.29) is 18.2 Å². The molecule has 62 valence electrons. The zero-order chi connectivity index (χ0) is 7.56. The molecule has 0 fully saturated rings. The van der Waals surface area contributed by atoms with Gasteiger partial charge in [-0.25, -0.2) is 4.39 Å². The molecule has 11 heavy (non-hydrogen) atoms. The summed E-state index contributed by atoms with van der Waals surface area (Å²) >= 11 is 0. The highest BCUT2D eigenvalue weighted by Crippen LogP contribution is 2.14. The third-order valence-corrected chi connectivity index (χ3v) is 1.36. The first-order valence-electron chi connectivity index (χ1n) is 3.14. The van der Waals surface area contributed by atoms with E-state index in [2.05, 4.69) is 0 Å². The fourth-order valence-electron chi connectivity index (χ4n) is 0.814. The fourth-order valence-corrected chi connectivity index (χ4v) is 0.814. The smallest absolute Gasteiger partial charge is 0.128 e. The molecular weight excluding hydrogens is 167 g/mol. The summed E-state index contributed by atoms with van der Waals surface area (Å²) in [6.07, 6.45) is -0.721.